The number of nitrogens with zero attached hydrogens (tertiary/aromatic N) is 4. The average molecular weight is 358 g/mol. The molecule has 0 bridgehead atoms. The van der Waals surface area contributed by atoms with E-state index in [0.717, 1.165) is 11.8 Å². The molecular formula is C16H11FN4O3S. The van der Waals surface area contributed by atoms with Crippen LogP contribution in [0.15, 0.2) is 53.7 Å². The topological polar surface area (TPSA) is 98.0 Å². The molecule has 0 saturated carbocycles. The first-order chi connectivity index (χ1) is 12.0. The Bertz CT molecular complexity index is 910. The van der Waals surface area contributed by atoms with Gasteiger partial charge in [-0.3, -0.25) is 4.79 Å². The maximum atomic E-state index is 12.9. The zero-order valence-electron chi connectivity index (χ0n) is 12.7. The lowest BCUT2D eigenvalue weighted by Crippen LogP contribution is -2.05. The van der Waals surface area contributed by atoms with Crippen LogP contribution >= 0.6 is 11.8 Å². The number of carboxylic acid groups (broad SMARTS) is 1. The van der Waals surface area contributed by atoms with Gasteiger partial charge in [-0.2, -0.15) is 4.68 Å². The largest absolute Gasteiger partial charge is 0.478 e. The molecule has 2 aromatic carbocycles. The number of rotatable bonds is 6. The SMILES string of the molecule is O=C(O)c1ccc(-n2nnnc2SCC(=O)c2ccc(F)cc2)cc1. The summed E-state index contributed by atoms with van der Waals surface area (Å²) in [4.78, 5) is 23.0. The molecule has 0 fully saturated rings. The molecule has 126 valence electrons. The Morgan fingerprint density at radius 3 is 2.32 bits per heavy atom. The molecule has 0 radical (unpaired) electrons. The van der Waals surface area contributed by atoms with Crippen molar-refractivity contribution in [3.63, 3.8) is 0 Å². The van der Waals surface area contributed by atoms with E-state index in [4.69, 9.17) is 5.11 Å². The average Bonchev–Trinajstić information content (AvgIpc) is 3.09. The Hall–Kier alpha value is -3.07. The fraction of sp³-hybridized carbons (Fsp3) is 0.0625. The van der Waals surface area contributed by atoms with E-state index in [1.165, 1.54) is 41.1 Å². The highest BCUT2D eigenvalue weighted by atomic mass is 32.2. The van der Waals surface area contributed by atoms with E-state index >= 15 is 0 Å². The van der Waals surface area contributed by atoms with Gasteiger partial charge < -0.3 is 5.11 Å². The van der Waals surface area contributed by atoms with Crippen molar-refractivity contribution in [2.45, 2.75) is 5.16 Å². The van der Waals surface area contributed by atoms with Gasteiger partial charge in [0.1, 0.15) is 5.82 Å². The molecule has 1 N–H and O–H groups in total. The predicted octanol–water partition coefficient (Wildman–Crippen LogP) is 2.47. The predicted molar refractivity (Wildman–Crippen MR) is 87.6 cm³/mol. The van der Waals surface area contributed by atoms with Gasteiger partial charge >= 0.3 is 5.97 Å². The number of carbonyl (C=O) groups is 2. The highest BCUT2D eigenvalue weighted by molar-refractivity contribution is 7.99. The van der Waals surface area contributed by atoms with Crippen LogP contribution in [0.5, 0.6) is 0 Å². The first-order valence-electron chi connectivity index (χ1n) is 7.08. The summed E-state index contributed by atoms with van der Waals surface area (Å²) in [6, 6.07) is 11.3. The Morgan fingerprint density at radius 2 is 1.68 bits per heavy atom. The minimum absolute atomic E-state index is 0.0826. The minimum atomic E-state index is -1.03. The minimum Gasteiger partial charge on any atom is -0.478 e. The number of carboxylic acids is 1. The molecule has 0 aliphatic rings. The number of hydrogen-bond acceptors (Lipinski definition) is 6. The summed E-state index contributed by atoms with van der Waals surface area (Å²) in [7, 11) is 0. The molecule has 3 aromatic rings. The summed E-state index contributed by atoms with van der Waals surface area (Å²) >= 11 is 1.13. The van der Waals surface area contributed by atoms with Gasteiger partial charge in [0.15, 0.2) is 5.78 Å². The number of halogens is 1. The second-order valence-corrected chi connectivity index (χ2v) is 5.89. The van der Waals surface area contributed by atoms with E-state index in [9.17, 15) is 14.0 Å². The van der Waals surface area contributed by atoms with Gasteiger partial charge in [-0.25, -0.2) is 9.18 Å². The Kier molecular flexibility index (Phi) is 4.85. The number of hydrogen-bond donors (Lipinski definition) is 1. The van der Waals surface area contributed by atoms with Crippen molar-refractivity contribution in [3.05, 3.63) is 65.5 Å². The molecule has 0 aliphatic carbocycles. The molecule has 9 heteroatoms. The molecular weight excluding hydrogens is 347 g/mol. The third kappa shape index (κ3) is 3.89. The van der Waals surface area contributed by atoms with Crippen LogP contribution in [0.3, 0.4) is 0 Å². The van der Waals surface area contributed by atoms with Crippen LogP contribution < -0.4 is 0 Å². The number of benzene rings is 2. The number of thioether (sulfide) groups is 1. The Labute approximate surface area is 145 Å². The molecule has 0 amide bonds. The van der Waals surface area contributed by atoms with E-state index in [1.807, 2.05) is 0 Å². The second-order valence-electron chi connectivity index (χ2n) is 4.94. The van der Waals surface area contributed by atoms with Crippen LogP contribution in [-0.2, 0) is 0 Å². The molecule has 3 rings (SSSR count). The summed E-state index contributed by atoms with van der Waals surface area (Å²) < 4.78 is 14.3. The highest BCUT2D eigenvalue weighted by Gasteiger charge is 2.13. The summed E-state index contributed by atoms with van der Waals surface area (Å²) in [5, 5.41) is 20.6. The van der Waals surface area contributed by atoms with E-state index in [0.29, 0.717) is 16.4 Å². The van der Waals surface area contributed by atoms with Crippen molar-refractivity contribution in [2.24, 2.45) is 0 Å². The second kappa shape index (κ2) is 7.22. The lowest BCUT2D eigenvalue weighted by Gasteiger charge is -2.04. The normalized spacial score (nSPS) is 10.6. The maximum absolute atomic E-state index is 12.9. The number of ketones is 1. The zero-order chi connectivity index (χ0) is 17.8. The molecule has 1 heterocycles. The summed E-state index contributed by atoms with van der Waals surface area (Å²) in [5.74, 6) is -1.53. The van der Waals surface area contributed by atoms with Gasteiger partial charge in [-0.05, 0) is 59.0 Å². The summed E-state index contributed by atoms with van der Waals surface area (Å²) in [6.45, 7) is 0. The Morgan fingerprint density at radius 1 is 1.04 bits per heavy atom. The lowest BCUT2D eigenvalue weighted by atomic mass is 10.1. The van der Waals surface area contributed by atoms with Gasteiger partial charge in [0.05, 0.1) is 17.0 Å². The van der Waals surface area contributed by atoms with Crippen molar-refractivity contribution in [3.8, 4) is 5.69 Å². The van der Waals surface area contributed by atoms with Gasteiger partial charge in [-0.15, -0.1) is 5.10 Å². The van der Waals surface area contributed by atoms with Gasteiger partial charge in [0.2, 0.25) is 5.16 Å². The van der Waals surface area contributed by atoms with Crippen molar-refractivity contribution in [1.82, 2.24) is 20.2 Å². The number of aromatic nitrogens is 4. The number of Topliss-reactive ketones (excluding diaryl/α,β-unsaturated/α-hetero) is 1. The third-order valence-corrected chi connectivity index (χ3v) is 4.22. The number of tetrazole rings is 1. The molecule has 0 aliphatic heterocycles. The highest BCUT2D eigenvalue weighted by Crippen LogP contribution is 2.20. The molecule has 7 nitrogen and oxygen atoms in total. The van der Waals surface area contributed by atoms with Crippen LogP contribution in [0.4, 0.5) is 4.39 Å². The Balaban J connectivity index is 1.72. The van der Waals surface area contributed by atoms with Crippen LogP contribution in [0.2, 0.25) is 0 Å². The summed E-state index contributed by atoms with van der Waals surface area (Å²) in [5.41, 5.74) is 1.13. The van der Waals surface area contributed by atoms with E-state index in [2.05, 4.69) is 15.5 Å². The molecule has 0 unspecified atom stereocenters. The van der Waals surface area contributed by atoms with Crippen LogP contribution in [0, 0.1) is 5.82 Å². The molecule has 25 heavy (non-hydrogen) atoms. The van der Waals surface area contributed by atoms with Crippen LogP contribution in [0.25, 0.3) is 5.69 Å². The van der Waals surface area contributed by atoms with Crippen LogP contribution in [0.1, 0.15) is 20.7 Å². The fourth-order valence-corrected chi connectivity index (χ4v) is 2.81. The lowest BCUT2D eigenvalue weighted by molar-refractivity contribution is 0.0696. The fourth-order valence-electron chi connectivity index (χ4n) is 2.03. The standard InChI is InChI=1S/C16H11FN4O3S/c17-12-5-1-10(2-6-12)14(22)9-25-16-18-19-20-21(16)13-7-3-11(4-8-13)15(23)24/h1-8H,9H2,(H,23,24). The maximum Gasteiger partial charge on any atom is 0.335 e. The van der Waals surface area contributed by atoms with Crippen molar-refractivity contribution < 1.29 is 19.1 Å². The zero-order valence-corrected chi connectivity index (χ0v) is 13.5. The van der Waals surface area contributed by atoms with Crippen molar-refractivity contribution >= 4 is 23.5 Å². The number of aromatic carboxylic acids is 1. The molecule has 1 aromatic heterocycles. The summed E-state index contributed by atoms with van der Waals surface area (Å²) in [6.07, 6.45) is 0. The first kappa shape index (κ1) is 16.8. The van der Waals surface area contributed by atoms with Gasteiger partial charge in [-0.1, -0.05) is 11.8 Å². The smallest absolute Gasteiger partial charge is 0.335 e. The van der Waals surface area contributed by atoms with E-state index in [1.54, 1.807) is 12.1 Å². The first-order valence-corrected chi connectivity index (χ1v) is 8.07. The quantitative estimate of drug-likeness (QED) is 0.534. The van der Waals surface area contributed by atoms with Crippen LogP contribution in [-0.4, -0.2) is 42.8 Å². The molecule has 0 saturated heterocycles. The molecule has 0 spiro atoms. The third-order valence-electron chi connectivity index (χ3n) is 3.30. The van der Waals surface area contributed by atoms with Gasteiger partial charge in [0.25, 0.3) is 0 Å². The van der Waals surface area contributed by atoms with Crippen molar-refractivity contribution in [2.75, 3.05) is 5.75 Å². The molecule has 0 atom stereocenters. The number of carbonyl (C=O) groups excluding carboxylic acids is 1. The van der Waals surface area contributed by atoms with E-state index < -0.39 is 11.8 Å². The van der Waals surface area contributed by atoms with Crippen molar-refractivity contribution in [1.29, 1.82) is 0 Å². The monoisotopic (exact) mass is 358 g/mol. The van der Waals surface area contributed by atoms with Gasteiger partial charge in [0, 0.05) is 5.56 Å². The van der Waals surface area contributed by atoms with E-state index in [-0.39, 0.29) is 17.1 Å².